The summed E-state index contributed by atoms with van der Waals surface area (Å²) in [6.45, 7) is 0. The lowest BCUT2D eigenvalue weighted by atomic mass is 10.0. The lowest BCUT2D eigenvalue weighted by Crippen LogP contribution is -2.00. The molecule has 4 nitrogen and oxygen atoms in total. The molecule has 0 bridgehead atoms. The molecule has 1 aromatic heterocycles. The van der Waals surface area contributed by atoms with E-state index in [1.807, 2.05) is 24.4 Å². The fourth-order valence-corrected chi connectivity index (χ4v) is 3.40. The Balaban J connectivity index is 1.86. The van der Waals surface area contributed by atoms with Crippen LogP contribution in [0.3, 0.4) is 0 Å². The van der Waals surface area contributed by atoms with E-state index in [4.69, 9.17) is 14.2 Å². The van der Waals surface area contributed by atoms with Crippen molar-refractivity contribution in [1.29, 1.82) is 0 Å². The average Bonchev–Trinajstić information content (AvgIpc) is 3.22. The zero-order valence-electron chi connectivity index (χ0n) is 15.6. The van der Waals surface area contributed by atoms with Crippen LogP contribution in [0.5, 0.6) is 17.2 Å². The summed E-state index contributed by atoms with van der Waals surface area (Å²) in [6.07, 6.45) is 2.03. The normalized spacial score (nSPS) is 10.8. The third-order valence-electron chi connectivity index (χ3n) is 4.72. The largest absolute Gasteiger partial charge is 0.493 e. The molecule has 27 heavy (non-hydrogen) atoms. The van der Waals surface area contributed by atoms with Crippen molar-refractivity contribution in [3.8, 4) is 34.2 Å². The lowest BCUT2D eigenvalue weighted by molar-refractivity contribution is 0.324. The Morgan fingerprint density at radius 3 is 2.04 bits per heavy atom. The van der Waals surface area contributed by atoms with E-state index in [1.54, 1.807) is 21.3 Å². The van der Waals surface area contributed by atoms with Gasteiger partial charge in [0.2, 0.25) is 5.75 Å². The molecule has 1 heterocycles. The number of aromatic nitrogens is 1. The van der Waals surface area contributed by atoms with E-state index in [-0.39, 0.29) is 0 Å². The van der Waals surface area contributed by atoms with Crippen LogP contribution in [-0.2, 0) is 0 Å². The van der Waals surface area contributed by atoms with Crippen molar-refractivity contribution in [2.75, 3.05) is 21.3 Å². The number of hydrogen-bond donors (Lipinski definition) is 0. The summed E-state index contributed by atoms with van der Waals surface area (Å²) in [5, 5.41) is 2.44. The molecule has 0 radical (unpaired) electrons. The summed E-state index contributed by atoms with van der Waals surface area (Å²) in [4.78, 5) is 0. The van der Waals surface area contributed by atoms with E-state index >= 15 is 0 Å². The molecule has 4 rings (SSSR count). The first-order valence-corrected chi connectivity index (χ1v) is 8.72. The molecule has 4 aromatic rings. The summed E-state index contributed by atoms with van der Waals surface area (Å²) in [7, 11) is 4.86. The highest BCUT2D eigenvalue weighted by Gasteiger charge is 2.15. The Hall–Kier alpha value is -3.40. The molecule has 4 heteroatoms. The van der Waals surface area contributed by atoms with Gasteiger partial charge in [-0.3, -0.25) is 0 Å². The van der Waals surface area contributed by atoms with Crippen molar-refractivity contribution >= 4 is 10.8 Å². The second kappa shape index (κ2) is 7.08. The van der Waals surface area contributed by atoms with Crippen molar-refractivity contribution in [3.05, 3.63) is 72.9 Å². The van der Waals surface area contributed by atoms with Crippen LogP contribution in [0.15, 0.2) is 72.9 Å². The van der Waals surface area contributed by atoms with Gasteiger partial charge in [-0.05, 0) is 34.5 Å². The lowest BCUT2D eigenvalue weighted by Gasteiger charge is -2.16. The van der Waals surface area contributed by atoms with Crippen LogP contribution in [0.4, 0.5) is 0 Å². The van der Waals surface area contributed by atoms with Crippen LogP contribution < -0.4 is 14.2 Å². The minimum atomic E-state index is 0.586. The first-order chi connectivity index (χ1) is 13.2. The smallest absolute Gasteiger partial charge is 0.203 e. The number of ether oxygens (including phenoxy) is 3. The Kier molecular flexibility index (Phi) is 4.47. The molecule has 136 valence electrons. The predicted molar refractivity (Wildman–Crippen MR) is 108 cm³/mol. The van der Waals surface area contributed by atoms with Crippen molar-refractivity contribution in [3.63, 3.8) is 0 Å². The van der Waals surface area contributed by atoms with Gasteiger partial charge in [-0.2, -0.15) is 0 Å². The molecule has 0 saturated heterocycles. The van der Waals surface area contributed by atoms with E-state index < -0.39 is 0 Å². The third-order valence-corrected chi connectivity index (χ3v) is 4.72. The van der Waals surface area contributed by atoms with Crippen LogP contribution >= 0.6 is 0 Å². The number of fused-ring (bicyclic) bond motifs is 1. The Labute approximate surface area is 158 Å². The number of rotatable bonds is 5. The summed E-state index contributed by atoms with van der Waals surface area (Å²) in [6, 6.07) is 22.9. The molecule has 0 saturated carbocycles. The number of nitrogens with zero attached hydrogens (tertiary/aromatic N) is 1. The number of methoxy groups -OCH3 is 3. The predicted octanol–water partition coefficient (Wildman–Crippen LogP) is 5.32. The topological polar surface area (TPSA) is 32.6 Å². The average molecular weight is 359 g/mol. The summed E-state index contributed by atoms with van der Waals surface area (Å²) >= 11 is 0. The minimum Gasteiger partial charge on any atom is -0.493 e. The first-order valence-electron chi connectivity index (χ1n) is 8.72. The molecule has 0 N–H and O–H groups in total. The van der Waals surface area contributed by atoms with Gasteiger partial charge in [0.1, 0.15) is 0 Å². The van der Waals surface area contributed by atoms with Gasteiger partial charge >= 0.3 is 0 Å². The van der Waals surface area contributed by atoms with Gasteiger partial charge in [0, 0.05) is 18.3 Å². The van der Waals surface area contributed by atoms with E-state index in [0.717, 1.165) is 16.9 Å². The van der Waals surface area contributed by atoms with E-state index in [0.29, 0.717) is 17.2 Å². The zero-order valence-corrected chi connectivity index (χ0v) is 15.6. The Bertz CT molecular complexity index is 1070. The van der Waals surface area contributed by atoms with Gasteiger partial charge in [0.05, 0.1) is 32.7 Å². The maximum atomic E-state index is 5.50. The molecule has 0 aliphatic rings. The highest BCUT2D eigenvalue weighted by atomic mass is 16.5. The molecule has 0 fully saturated rings. The Morgan fingerprint density at radius 2 is 1.37 bits per heavy atom. The second-order valence-electron chi connectivity index (χ2n) is 6.21. The monoisotopic (exact) mass is 359 g/mol. The molecule has 0 unspecified atom stereocenters. The summed E-state index contributed by atoms with van der Waals surface area (Å²) in [5.74, 6) is 1.85. The summed E-state index contributed by atoms with van der Waals surface area (Å²) in [5.41, 5.74) is 3.18. The van der Waals surface area contributed by atoms with Crippen molar-refractivity contribution in [1.82, 2.24) is 4.57 Å². The molecular weight excluding hydrogens is 338 g/mol. The standard InChI is InChI=1S/C23H21NO3/c1-25-21-14-19(15-22(26-2)23(21)27-3)24-12-6-9-20(24)18-11-10-16-7-4-5-8-17(16)13-18/h4-15H,1-3H3. The second-order valence-corrected chi connectivity index (χ2v) is 6.21. The number of benzene rings is 3. The zero-order chi connectivity index (χ0) is 18.8. The van der Waals surface area contributed by atoms with Crippen LogP contribution in [0, 0.1) is 0 Å². The van der Waals surface area contributed by atoms with Crippen molar-refractivity contribution in [2.24, 2.45) is 0 Å². The minimum absolute atomic E-state index is 0.586. The van der Waals surface area contributed by atoms with Gasteiger partial charge in [0.15, 0.2) is 11.5 Å². The fraction of sp³-hybridized carbons (Fsp3) is 0.130. The molecule has 3 aromatic carbocycles. The van der Waals surface area contributed by atoms with Gasteiger partial charge in [-0.1, -0.05) is 36.4 Å². The molecular formula is C23H21NO3. The van der Waals surface area contributed by atoms with Crippen LogP contribution in [0.2, 0.25) is 0 Å². The molecule has 0 atom stereocenters. The van der Waals surface area contributed by atoms with E-state index in [2.05, 4.69) is 53.1 Å². The maximum Gasteiger partial charge on any atom is 0.203 e. The molecule has 0 aliphatic carbocycles. The van der Waals surface area contributed by atoms with Crippen molar-refractivity contribution < 1.29 is 14.2 Å². The third kappa shape index (κ3) is 2.99. The fourth-order valence-electron chi connectivity index (χ4n) is 3.40. The highest BCUT2D eigenvalue weighted by Crippen LogP contribution is 2.40. The molecule has 0 spiro atoms. The number of hydrogen-bond acceptors (Lipinski definition) is 3. The molecule has 0 amide bonds. The SMILES string of the molecule is COc1cc(-n2cccc2-c2ccc3ccccc3c2)cc(OC)c1OC. The van der Waals surface area contributed by atoms with Gasteiger partial charge < -0.3 is 18.8 Å². The first kappa shape index (κ1) is 17.0. The summed E-state index contributed by atoms with van der Waals surface area (Å²) < 4.78 is 18.6. The highest BCUT2D eigenvalue weighted by molar-refractivity contribution is 5.87. The molecule has 0 aliphatic heterocycles. The van der Waals surface area contributed by atoms with Crippen LogP contribution in [-0.4, -0.2) is 25.9 Å². The van der Waals surface area contributed by atoms with Crippen LogP contribution in [0.25, 0.3) is 27.7 Å². The van der Waals surface area contributed by atoms with Crippen LogP contribution in [0.1, 0.15) is 0 Å². The van der Waals surface area contributed by atoms with E-state index in [1.165, 1.54) is 10.8 Å². The van der Waals surface area contributed by atoms with Gasteiger partial charge in [-0.15, -0.1) is 0 Å². The quantitative estimate of drug-likeness (QED) is 0.483. The Morgan fingerprint density at radius 1 is 0.667 bits per heavy atom. The van der Waals surface area contributed by atoms with Crippen molar-refractivity contribution in [2.45, 2.75) is 0 Å². The van der Waals surface area contributed by atoms with E-state index in [9.17, 15) is 0 Å². The van der Waals surface area contributed by atoms with Gasteiger partial charge in [0.25, 0.3) is 0 Å². The maximum absolute atomic E-state index is 5.50. The van der Waals surface area contributed by atoms with Gasteiger partial charge in [-0.25, -0.2) is 0 Å².